The summed E-state index contributed by atoms with van der Waals surface area (Å²) >= 11 is 0. The normalized spacial score (nSPS) is 14.6. The molecule has 0 spiro atoms. The summed E-state index contributed by atoms with van der Waals surface area (Å²) in [6.07, 6.45) is 5.14. The molecule has 0 N–H and O–H groups in total. The number of nitrogens with zero attached hydrogens (tertiary/aromatic N) is 2. The summed E-state index contributed by atoms with van der Waals surface area (Å²) in [5.41, 5.74) is 2.00. The maximum Gasteiger partial charge on any atom is 0.258 e. The molecular formula is C29H30N2O8. The van der Waals surface area contributed by atoms with Gasteiger partial charge in [0.15, 0.2) is 0 Å². The molecule has 2 heterocycles. The Kier molecular flexibility index (Phi) is 8.33. The number of imide groups is 2. The van der Waals surface area contributed by atoms with Crippen molar-refractivity contribution >= 4 is 35.0 Å². The monoisotopic (exact) mass is 534 g/mol. The topological polar surface area (TPSA) is 112 Å². The number of benzene rings is 2. The lowest BCUT2D eigenvalue weighted by atomic mass is 10.0. The Morgan fingerprint density at radius 1 is 0.487 bits per heavy atom. The summed E-state index contributed by atoms with van der Waals surface area (Å²) in [5, 5.41) is 0. The molecule has 10 nitrogen and oxygen atoms in total. The van der Waals surface area contributed by atoms with Crippen molar-refractivity contribution in [2.75, 3.05) is 36.2 Å². The summed E-state index contributed by atoms with van der Waals surface area (Å²) in [6, 6.07) is 6.73. The Morgan fingerprint density at radius 2 is 0.795 bits per heavy atom. The molecule has 10 heteroatoms. The lowest BCUT2D eigenvalue weighted by Crippen LogP contribution is -2.30. The van der Waals surface area contributed by atoms with E-state index < -0.39 is 23.6 Å². The third-order valence-corrected chi connectivity index (χ3v) is 5.96. The van der Waals surface area contributed by atoms with Gasteiger partial charge in [0.2, 0.25) is 0 Å². The van der Waals surface area contributed by atoms with Gasteiger partial charge >= 0.3 is 0 Å². The minimum Gasteiger partial charge on any atom is -0.494 e. The molecule has 0 radical (unpaired) electrons. The van der Waals surface area contributed by atoms with Crippen LogP contribution in [0.1, 0.15) is 38.8 Å². The fraction of sp³-hybridized carbons (Fsp3) is 0.310. The van der Waals surface area contributed by atoms with Gasteiger partial charge in [-0.1, -0.05) is 0 Å². The maximum absolute atomic E-state index is 12.4. The molecule has 0 fully saturated rings. The van der Waals surface area contributed by atoms with Crippen LogP contribution in [0.5, 0.6) is 23.0 Å². The lowest BCUT2D eigenvalue weighted by molar-refractivity contribution is -0.121. The minimum absolute atomic E-state index is 0.290. The van der Waals surface area contributed by atoms with Crippen LogP contribution < -0.4 is 28.7 Å². The van der Waals surface area contributed by atoms with Gasteiger partial charge in [0, 0.05) is 54.0 Å². The van der Waals surface area contributed by atoms with Gasteiger partial charge in [0.05, 0.1) is 37.8 Å². The van der Waals surface area contributed by atoms with Crippen LogP contribution in [0.15, 0.2) is 48.6 Å². The molecule has 2 aliphatic heterocycles. The van der Waals surface area contributed by atoms with Crippen LogP contribution in [0.3, 0.4) is 0 Å². The van der Waals surface area contributed by atoms with Crippen LogP contribution in [0.4, 0.5) is 11.4 Å². The highest BCUT2D eigenvalue weighted by Gasteiger charge is 2.31. The first-order valence-electron chi connectivity index (χ1n) is 12.8. The van der Waals surface area contributed by atoms with E-state index in [0.717, 1.165) is 9.80 Å². The Hall–Kier alpha value is -4.60. The zero-order chi connectivity index (χ0) is 28.1. The van der Waals surface area contributed by atoms with Crippen molar-refractivity contribution in [1.29, 1.82) is 0 Å². The van der Waals surface area contributed by atoms with E-state index in [1.165, 1.54) is 24.3 Å². The van der Waals surface area contributed by atoms with Crippen molar-refractivity contribution in [3.63, 3.8) is 0 Å². The van der Waals surface area contributed by atoms with Crippen molar-refractivity contribution in [3.8, 4) is 23.0 Å². The molecule has 0 atom stereocenters. The van der Waals surface area contributed by atoms with Gasteiger partial charge < -0.3 is 18.9 Å². The summed E-state index contributed by atoms with van der Waals surface area (Å²) in [5.74, 6) is -0.247. The number of carbonyl (C=O) groups is 4. The zero-order valence-corrected chi connectivity index (χ0v) is 22.3. The van der Waals surface area contributed by atoms with E-state index in [0.29, 0.717) is 67.0 Å². The average Bonchev–Trinajstić information content (AvgIpc) is 3.42. The zero-order valence-electron chi connectivity index (χ0n) is 22.3. The van der Waals surface area contributed by atoms with E-state index in [-0.39, 0.29) is 11.4 Å². The fourth-order valence-electron chi connectivity index (χ4n) is 4.41. The molecule has 4 amide bonds. The van der Waals surface area contributed by atoms with Crippen molar-refractivity contribution in [3.05, 3.63) is 59.7 Å². The van der Waals surface area contributed by atoms with E-state index >= 15 is 0 Å². The number of hydrogen-bond donors (Lipinski definition) is 0. The summed E-state index contributed by atoms with van der Waals surface area (Å²) in [7, 11) is 0. The molecule has 0 aromatic heterocycles. The number of carbonyl (C=O) groups excluding carboxylic acids is 4. The van der Waals surface area contributed by atoms with Gasteiger partial charge in [-0.25, -0.2) is 9.80 Å². The predicted molar refractivity (Wildman–Crippen MR) is 144 cm³/mol. The molecule has 2 aromatic carbocycles. The molecule has 0 bridgehead atoms. The molecule has 204 valence electrons. The van der Waals surface area contributed by atoms with Gasteiger partial charge in [0.1, 0.15) is 23.0 Å². The van der Waals surface area contributed by atoms with E-state index in [1.807, 2.05) is 27.7 Å². The number of hydrogen-bond acceptors (Lipinski definition) is 8. The second-order valence-electron chi connectivity index (χ2n) is 8.45. The van der Waals surface area contributed by atoms with E-state index in [9.17, 15) is 19.2 Å². The molecule has 0 saturated heterocycles. The van der Waals surface area contributed by atoms with Crippen LogP contribution in [-0.2, 0) is 25.6 Å². The molecule has 39 heavy (non-hydrogen) atoms. The maximum atomic E-state index is 12.4. The summed E-state index contributed by atoms with van der Waals surface area (Å²) in [6.45, 7) is 8.58. The Balaban J connectivity index is 1.83. The standard InChI is InChI=1S/C29H30N2O8/c1-5-36-22-16-20(30-26(32)9-10-27(30)33)24(38-7-3)14-18(22)13-19-15-25(39-8-4)21(17-23(19)37-6-2)31-28(34)11-12-29(31)35/h9-12,14-17H,5-8,13H2,1-4H3. The third kappa shape index (κ3) is 5.50. The van der Waals surface area contributed by atoms with Crippen molar-refractivity contribution in [2.45, 2.75) is 34.1 Å². The number of ether oxygens (including phenoxy) is 4. The van der Waals surface area contributed by atoms with Crippen LogP contribution in [0.2, 0.25) is 0 Å². The highest BCUT2D eigenvalue weighted by molar-refractivity contribution is 6.29. The Labute approximate surface area is 226 Å². The highest BCUT2D eigenvalue weighted by atomic mass is 16.5. The van der Waals surface area contributed by atoms with Crippen molar-refractivity contribution in [2.24, 2.45) is 0 Å². The number of rotatable bonds is 12. The Bertz CT molecular complexity index is 1240. The first-order chi connectivity index (χ1) is 18.8. The largest absolute Gasteiger partial charge is 0.494 e. The summed E-state index contributed by atoms with van der Waals surface area (Å²) < 4.78 is 23.5. The highest BCUT2D eigenvalue weighted by Crippen LogP contribution is 2.42. The molecule has 2 aliphatic rings. The van der Waals surface area contributed by atoms with Gasteiger partial charge in [-0.2, -0.15) is 0 Å². The van der Waals surface area contributed by atoms with Crippen LogP contribution in [-0.4, -0.2) is 50.1 Å². The lowest BCUT2D eigenvalue weighted by Gasteiger charge is -2.23. The SMILES string of the molecule is CCOc1cc(N2C(=O)C=CC2=O)c(OCC)cc1Cc1cc(OCC)c(N2C(=O)C=CC2=O)cc1OCC. The number of amides is 4. The first kappa shape index (κ1) is 27.4. The molecule has 2 aromatic rings. The van der Waals surface area contributed by atoms with Crippen molar-refractivity contribution < 1.29 is 38.1 Å². The van der Waals surface area contributed by atoms with E-state index in [4.69, 9.17) is 18.9 Å². The molecule has 0 unspecified atom stereocenters. The van der Waals surface area contributed by atoms with Gasteiger partial charge in [-0.15, -0.1) is 0 Å². The van der Waals surface area contributed by atoms with Crippen molar-refractivity contribution in [1.82, 2.24) is 0 Å². The van der Waals surface area contributed by atoms with Crippen LogP contribution in [0, 0.1) is 0 Å². The van der Waals surface area contributed by atoms with Gasteiger partial charge in [0.25, 0.3) is 23.6 Å². The molecule has 4 rings (SSSR count). The number of anilines is 2. The smallest absolute Gasteiger partial charge is 0.258 e. The minimum atomic E-state index is -0.466. The molecule has 0 aliphatic carbocycles. The average molecular weight is 535 g/mol. The first-order valence-corrected chi connectivity index (χ1v) is 12.8. The van der Waals surface area contributed by atoms with Gasteiger partial charge in [-0.3, -0.25) is 19.2 Å². The Morgan fingerprint density at radius 3 is 1.10 bits per heavy atom. The summed E-state index contributed by atoms with van der Waals surface area (Å²) in [4.78, 5) is 51.8. The second-order valence-corrected chi connectivity index (χ2v) is 8.45. The second kappa shape index (κ2) is 11.8. The fourth-order valence-corrected chi connectivity index (χ4v) is 4.41. The molecular weight excluding hydrogens is 504 g/mol. The quantitative estimate of drug-likeness (QED) is 0.379. The van der Waals surface area contributed by atoms with E-state index in [2.05, 4.69) is 0 Å². The predicted octanol–water partition coefficient (Wildman–Crippen LogP) is 3.73. The third-order valence-electron chi connectivity index (χ3n) is 5.96. The van der Waals surface area contributed by atoms with Crippen LogP contribution >= 0.6 is 0 Å². The molecule has 0 saturated carbocycles. The van der Waals surface area contributed by atoms with Crippen LogP contribution in [0.25, 0.3) is 0 Å². The van der Waals surface area contributed by atoms with E-state index in [1.54, 1.807) is 24.3 Å². The van der Waals surface area contributed by atoms with Gasteiger partial charge in [-0.05, 0) is 39.8 Å².